The molecule has 0 bridgehead atoms. The van der Waals surface area contributed by atoms with Gasteiger partial charge in [0.15, 0.2) is 6.29 Å². The van der Waals surface area contributed by atoms with Crippen molar-refractivity contribution >= 4 is 23.4 Å². The second-order valence-corrected chi connectivity index (χ2v) is 9.21. The largest absolute Gasteiger partial charge is 0.354 e. The average Bonchev–Trinajstić information content (AvgIpc) is 2.97. The van der Waals surface area contributed by atoms with Crippen LogP contribution >= 0.6 is 0 Å². The number of benzene rings is 1. The Morgan fingerprint density at radius 2 is 1.71 bits per heavy atom. The van der Waals surface area contributed by atoms with Gasteiger partial charge in [0.25, 0.3) is 5.91 Å². The molecule has 31 heavy (non-hydrogen) atoms. The van der Waals surface area contributed by atoms with Crippen LogP contribution in [-0.4, -0.2) is 55.7 Å². The fourth-order valence-corrected chi connectivity index (χ4v) is 4.57. The van der Waals surface area contributed by atoms with Gasteiger partial charge in [-0.2, -0.15) is 5.26 Å². The monoisotopic (exact) mass is 427 g/mol. The Morgan fingerprint density at radius 1 is 1.16 bits per heavy atom. The first kappa shape index (κ1) is 22.9. The summed E-state index contributed by atoms with van der Waals surface area (Å²) >= 11 is 0. The molecule has 0 aromatic heterocycles. The highest BCUT2D eigenvalue weighted by Gasteiger charge is 2.69. The van der Waals surface area contributed by atoms with Gasteiger partial charge in [0.2, 0.25) is 11.8 Å². The SMILES string of the molecule is COC(CN(C(=O)C1C(C)(C)C1(C)C)C1CC(=O)N(c2ccc(C#N)cc2)C1=O)OC. The van der Waals surface area contributed by atoms with Crippen LogP contribution < -0.4 is 4.90 Å². The Morgan fingerprint density at radius 3 is 2.16 bits per heavy atom. The minimum absolute atomic E-state index is 0.0411. The lowest BCUT2D eigenvalue weighted by Crippen LogP contribution is -2.50. The number of nitriles is 1. The first-order valence-electron chi connectivity index (χ1n) is 10.2. The molecule has 1 aliphatic heterocycles. The number of ether oxygens (including phenoxy) is 2. The van der Waals surface area contributed by atoms with Gasteiger partial charge in [-0.1, -0.05) is 27.7 Å². The summed E-state index contributed by atoms with van der Waals surface area (Å²) in [7, 11) is 2.93. The smallest absolute Gasteiger partial charge is 0.257 e. The van der Waals surface area contributed by atoms with Crippen molar-refractivity contribution in [2.75, 3.05) is 25.7 Å². The van der Waals surface area contributed by atoms with Gasteiger partial charge in [0.1, 0.15) is 6.04 Å². The van der Waals surface area contributed by atoms with E-state index in [4.69, 9.17) is 14.7 Å². The summed E-state index contributed by atoms with van der Waals surface area (Å²) in [5.41, 5.74) is 0.357. The van der Waals surface area contributed by atoms with E-state index < -0.39 is 24.1 Å². The molecule has 1 heterocycles. The number of amides is 3. The van der Waals surface area contributed by atoms with Crippen LogP contribution in [-0.2, 0) is 23.9 Å². The molecule has 1 saturated heterocycles. The van der Waals surface area contributed by atoms with E-state index in [9.17, 15) is 14.4 Å². The number of hydrogen-bond donors (Lipinski definition) is 0. The van der Waals surface area contributed by atoms with E-state index in [-0.39, 0.29) is 35.6 Å². The number of carbonyl (C=O) groups is 3. The normalized spacial score (nSPS) is 22.0. The summed E-state index contributed by atoms with van der Waals surface area (Å²) < 4.78 is 10.6. The van der Waals surface area contributed by atoms with Gasteiger partial charge in [-0.25, -0.2) is 4.90 Å². The summed E-state index contributed by atoms with van der Waals surface area (Å²) in [4.78, 5) is 42.2. The summed E-state index contributed by atoms with van der Waals surface area (Å²) in [6, 6.07) is 7.29. The Labute approximate surface area is 182 Å². The minimum Gasteiger partial charge on any atom is -0.354 e. The zero-order valence-corrected chi connectivity index (χ0v) is 18.8. The van der Waals surface area contributed by atoms with Crippen LogP contribution in [0, 0.1) is 28.1 Å². The van der Waals surface area contributed by atoms with Gasteiger partial charge < -0.3 is 14.4 Å². The zero-order valence-electron chi connectivity index (χ0n) is 18.8. The van der Waals surface area contributed by atoms with E-state index in [1.54, 1.807) is 24.3 Å². The van der Waals surface area contributed by atoms with Crippen LogP contribution in [0.2, 0.25) is 0 Å². The highest BCUT2D eigenvalue weighted by molar-refractivity contribution is 6.23. The van der Waals surface area contributed by atoms with Gasteiger partial charge in [0, 0.05) is 20.1 Å². The first-order chi connectivity index (χ1) is 14.5. The van der Waals surface area contributed by atoms with E-state index in [1.165, 1.54) is 19.1 Å². The van der Waals surface area contributed by atoms with Gasteiger partial charge in [0.05, 0.1) is 30.3 Å². The molecule has 2 fully saturated rings. The van der Waals surface area contributed by atoms with Crippen molar-refractivity contribution in [1.29, 1.82) is 5.26 Å². The number of nitrogens with zero attached hydrogens (tertiary/aromatic N) is 3. The lowest BCUT2D eigenvalue weighted by molar-refractivity contribution is -0.154. The number of hydrogen-bond acceptors (Lipinski definition) is 6. The van der Waals surface area contributed by atoms with Crippen LogP contribution in [0.3, 0.4) is 0 Å². The molecular weight excluding hydrogens is 398 g/mol. The van der Waals surface area contributed by atoms with Gasteiger partial charge in [-0.05, 0) is 35.1 Å². The van der Waals surface area contributed by atoms with Crippen molar-refractivity contribution in [2.24, 2.45) is 16.7 Å². The molecule has 0 spiro atoms. The fourth-order valence-electron chi connectivity index (χ4n) is 4.57. The van der Waals surface area contributed by atoms with Crippen LogP contribution in [0.1, 0.15) is 39.7 Å². The molecule has 1 atom stereocenters. The second-order valence-electron chi connectivity index (χ2n) is 9.21. The summed E-state index contributed by atoms with van der Waals surface area (Å²) in [5.74, 6) is -1.31. The Kier molecular flexibility index (Phi) is 5.96. The van der Waals surface area contributed by atoms with Crippen LogP contribution in [0.4, 0.5) is 5.69 Å². The third-order valence-electron chi connectivity index (χ3n) is 7.18. The van der Waals surface area contributed by atoms with Crippen molar-refractivity contribution in [1.82, 2.24) is 4.90 Å². The zero-order chi connectivity index (χ0) is 23.1. The van der Waals surface area contributed by atoms with E-state index in [0.717, 1.165) is 4.90 Å². The van der Waals surface area contributed by atoms with Crippen molar-refractivity contribution in [3.05, 3.63) is 29.8 Å². The molecule has 3 amide bonds. The predicted molar refractivity (Wildman–Crippen MR) is 113 cm³/mol. The molecule has 0 N–H and O–H groups in total. The van der Waals surface area contributed by atoms with E-state index >= 15 is 0 Å². The first-order valence-corrected chi connectivity index (χ1v) is 10.2. The molecule has 2 aliphatic rings. The topological polar surface area (TPSA) is 99.9 Å². The summed E-state index contributed by atoms with van der Waals surface area (Å²) in [6.45, 7) is 8.16. The third kappa shape index (κ3) is 3.73. The quantitative estimate of drug-likeness (QED) is 0.489. The van der Waals surface area contributed by atoms with Crippen molar-refractivity contribution in [3.8, 4) is 6.07 Å². The van der Waals surface area contributed by atoms with Crippen LogP contribution in [0.25, 0.3) is 0 Å². The lowest BCUT2D eigenvalue weighted by atomic mass is 10.0. The molecule has 0 radical (unpaired) electrons. The summed E-state index contributed by atoms with van der Waals surface area (Å²) in [6.07, 6.45) is -0.834. The Hall–Kier alpha value is -2.76. The lowest BCUT2D eigenvalue weighted by Gasteiger charge is -2.31. The highest BCUT2D eigenvalue weighted by atomic mass is 16.7. The number of anilines is 1. The van der Waals surface area contributed by atoms with E-state index in [0.29, 0.717) is 11.3 Å². The molecule has 1 unspecified atom stereocenters. The fraction of sp³-hybridized carbons (Fsp3) is 0.565. The maximum Gasteiger partial charge on any atom is 0.257 e. The van der Waals surface area contributed by atoms with Gasteiger partial charge in [-0.3, -0.25) is 14.4 Å². The van der Waals surface area contributed by atoms with Crippen LogP contribution in [0.15, 0.2) is 24.3 Å². The predicted octanol–water partition coefficient (Wildman–Crippen LogP) is 2.32. The molecule has 166 valence electrons. The molecule has 1 aromatic carbocycles. The van der Waals surface area contributed by atoms with E-state index in [2.05, 4.69) is 0 Å². The molecule has 1 aliphatic carbocycles. The molecular formula is C23H29N3O5. The van der Waals surface area contributed by atoms with Crippen molar-refractivity contribution < 1.29 is 23.9 Å². The third-order valence-corrected chi connectivity index (χ3v) is 7.18. The van der Waals surface area contributed by atoms with Crippen molar-refractivity contribution in [2.45, 2.75) is 46.4 Å². The maximum atomic E-state index is 13.6. The number of rotatable bonds is 7. The Balaban J connectivity index is 1.92. The second kappa shape index (κ2) is 8.06. The maximum absolute atomic E-state index is 13.6. The molecule has 3 rings (SSSR count). The van der Waals surface area contributed by atoms with Crippen molar-refractivity contribution in [3.63, 3.8) is 0 Å². The molecule has 8 heteroatoms. The van der Waals surface area contributed by atoms with Gasteiger partial charge >= 0.3 is 0 Å². The molecule has 1 aromatic rings. The number of carbonyl (C=O) groups excluding carboxylic acids is 3. The average molecular weight is 428 g/mol. The van der Waals surface area contributed by atoms with E-state index in [1.807, 2.05) is 33.8 Å². The summed E-state index contributed by atoms with van der Waals surface area (Å²) in [5, 5.41) is 8.98. The number of methoxy groups -OCH3 is 2. The molecule has 8 nitrogen and oxygen atoms in total. The minimum atomic E-state index is -0.935. The Bertz CT molecular complexity index is 914. The van der Waals surface area contributed by atoms with Crippen LogP contribution in [0.5, 0.6) is 0 Å². The van der Waals surface area contributed by atoms with Gasteiger partial charge in [-0.15, -0.1) is 0 Å². The molecule has 1 saturated carbocycles. The standard InChI is InChI=1S/C23H29N3O5/c1-22(2)19(23(22,3)4)21(29)25(13-18(30-5)31-6)16-11-17(27)26(20(16)28)15-9-7-14(12-24)8-10-15/h7-10,16,18-19H,11,13H2,1-6H3. The number of imide groups is 1. The highest BCUT2D eigenvalue weighted by Crippen LogP contribution is 2.69.